The summed E-state index contributed by atoms with van der Waals surface area (Å²) in [5.41, 5.74) is 0.615. The van der Waals surface area contributed by atoms with E-state index < -0.39 is 0 Å². The van der Waals surface area contributed by atoms with Crippen molar-refractivity contribution >= 4 is 5.97 Å². The molecule has 2 rings (SSSR count). The third-order valence-electron chi connectivity index (χ3n) is 3.16. The number of carbonyl (C=O) groups is 1. The highest BCUT2D eigenvalue weighted by atomic mass is 16.6. The van der Waals surface area contributed by atoms with E-state index in [1.54, 1.807) is 6.92 Å². The molecule has 0 unspecified atom stereocenters. The molecule has 0 spiro atoms. The minimum absolute atomic E-state index is 0.182. The van der Waals surface area contributed by atoms with Gasteiger partial charge in [-0.15, -0.1) is 6.58 Å². The van der Waals surface area contributed by atoms with Crippen molar-refractivity contribution in [3.63, 3.8) is 0 Å². The molecular formula is C12H16O3. The highest BCUT2D eigenvalue weighted by Crippen LogP contribution is 2.32. The van der Waals surface area contributed by atoms with Gasteiger partial charge in [-0.3, -0.25) is 0 Å². The zero-order valence-electron chi connectivity index (χ0n) is 8.99. The molecule has 0 saturated heterocycles. The Morgan fingerprint density at radius 1 is 1.53 bits per heavy atom. The summed E-state index contributed by atoms with van der Waals surface area (Å²) in [4.78, 5) is 11.1. The Morgan fingerprint density at radius 3 is 2.93 bits per heavy atom. The van der Waals surface area contributed by atoms with Gasteiger partial charge in [0.15, 0.2) is 0 Å². The lowest BCUT2D eigenvalue weighted by molar-refractivity contribution is -0.136. The molecule has 0 aromatic rings. The molecule has 0 bridgehead atoms. The first-order chi connectivity index (χ1) is 7.22. The van der Waals surface area contributed by atoms with Crippen molar-refractivity contribution in [1.29, 1.82) is 0 Å². The highest BCUT2D eigenvalue weighted by Gasteiger charge is 2.30. The van der Waals surface area contributed by atoms with E-state index in [0.717, 1.165) is 12.8 Å². The number of carbonyl (C=O) groups excluding carboxylic acids is 1. The largest absolute Gasteiger partial charge is 0.490 e. The Balaban J connectivity index is 2.03. The minimum atomic E-state index is -0.252. The third-order valence-corrected chi connectivity index (χ3v) is 3.16. The van der Waals surface area contributed by atoms with Crippen LogP contribution in [0, 0.1) is 5.92 Å². The Hall–Kier alpha value is -1.25. The van der Waals surface area contributed by atoms with Gasteiger partial charge in [0.2, 0.25) is 0 Å². The molecule has 0 aromatic heterocycles. The maximum absolute atomic E-state index is 11.1. The van der Waals surface area contributed by atoms with E-state index >= 15 is 0 Å². The summed E-state index contributed by atoms with van der Waals surface area (Å²) < 4.78 is 10.7. The molecule has 0 aromatic carbocycles. The van der Waals surface area contributed by atoms with E-state index in [2.05, 4.69) is 6.58 Å². The lowest BCUT2D eigenvalue weighted by Gasteiger charge is -2.18. The molecule has 1 fully saturated rings. The number of rotatable bonds is 3. The molecule has 3 nitrogen and oxygen atoms in total. The molecule has 1 aliphatic heterocycles. The molecule has 0 N–H and O–H groups in total. The number of hydrogen-bond acceptors (Lipinski definition) is 3. The number of esters is 1. The van der Waals surface area contributed by atoms with Crippen molar-refractivity contribution < 1.29 is 14.3 Å². The van der Waals surface area contributed by atoms with Crippen LogP contribution in [0.2, 0.25) is 0 Å². The second-order valence-electron chi connectivity index (χ2n) is 4.11. The lowest BCUT2D eigenvalue weighted by atomic mass is 10.1. The summed E-state index contributed by atoms with van der Waals surface area (Å²) in [6.45, 7) is 5.86. The van der Waals surface area contributed by atoms with Gasteiger partial charge >= 0.3 is 5.97 Å². The van der Waals surface area contributed by atoms with Crippen molar-refractivity contribution in [1.82, 2.24) is 0 Å². The first kappa shape index (κ1) is 10.3. The molecule has 3 heteroatoms. The van der Waals surface area contributed by atoms with Crippen LogP contribution < -0.4 is 0 Å². The Labute approximate surface area is 89.8 Å². The molecule has 0 radical (unpaired) electrons. The monoisotopic (exact) mass is 208 g/mol. The van der Waals surface area contributed by atoms with Gasteiger partial charge in [0.1, 0.15) is 18.5 Å². The van der Waals surface area contributed by atoms with E-state index in [1.807, 2.05) is 6.08 Å². The summed E-state index contributed by atoms with van der Waals surface area (Å²) in [5, 5.41) is 0. The Bertz CT molecular complexity index is 317. The van der Waals surface area contributed by atoms with Gasteiger partial charge in [0, 0.05) is 5.92 Å². The van der Waals surface area contributed by atoms with Crippen LogP contribution in [0.15, 0.2) is 24.0 Å². The first-order valence-corrected chi connectivity index (χ1v) is 5.38. The number of hydrogen-bond donors (Lipinski definition) is 0. The van der Waals surface area contributed by atoms with Crippen LogP contribution in [0.25, 0.3) is 0 Å². The summed E-state index contributed by atoms with van der Waals surface area (Å²) in [5.74, 6) is 0.873. The maximum Gasteiger partial charge on any atom is 0.337 e. The molecule has 2 atom stereocenters. The molecular weight excluding hydrogens is 192 g/mol. The van der Waals surface area contributed by atoms with Crippen LogP contribution in [0.1, 0.15) is 26.2 Å². The van der Waals surface area contributed by atoms with Gasteiger partial charge in [-0.2, -0.15) is 0 Å². The zero-order valence-corrected chi connectivity index (χ0v) is 8.99. The topological polar surface area (TPSA) is 35.5 Å². The fourth-order valence-corrected chi connectivity index (χ4v) is 2.14. The van der Waals surface area contributed by atoms with Crippen molar-refractivity contribution in [3.05, 3.63) is 24.0 Å². The minimum Gasteiger partial charge on any atom is -0.490 e. The lowest BCUT2D eigenvalue weighted by Crippen LogP contribution is -2.17. The molecule has 82 valence electrons. The number of cyclic esters (lactones) is 1. The van der Waals surface area contributed by atoms with Crippen molar-refractivity contribution in [2.24, 2.45) is 5.92 Å². The summed E-state index contributed by atoms with van der Waals surface area (Å²) >= 11 is 0. The molecule has 1 aliphatic carbocycles. The van der Waals surface area contributed by atoms with Gasteiger partial charge < -0.3 is 9.47 Å². The van der Waals surface area contributed by atoms with Crippen LogP contribution in [0.3, 0.4) is 0 Å². The standard InChI is InChI=1S/C12H16O3/c1-3-9-5-4-6-10(9)15-11-7-14-12(13)8(11)2/h3,9-10H,1,4-7H2,2H3/t9-,10+/m1/s1. The van der Waals surface area contributed by atoms with Gasteiger partial charge in [-0.05, 0) is 26.2 Å². The number of ether oxygens (including phenoxy) is 2. The van der Waals surface area contributed by atoms with Gasteiger partial charge in [0.05, 0.1) is 5.57 Å². The zero-order chi connectivity index (χ0) is 10.8. The van der Waals surface area contributed by atoms with Crippen LogP contribution in [-0.2, 0) is 14.3 Å². The van der Waals surface area contributed by atoms with Gasteiger partial charge in [-0.1, -0.05) is 6.08 Å². The Morgan fingerprint density at radius 2 is 2.33 bits per heavy atom. The fraction of sp³-hybridized carbons (Fsp3) is 0.583. The van der Waals surface area contributed by atoms with Crippen molar-refractivity contribution in [2.75, 3.05) is 6.61 Å². The third kappa shape index (κ3) is 1.91. The summed E-state index contributed by atoms with van der Waals surface area (Å²) in [6, 6.07) is 0. The average Bonchev–Trinajstić information content (AvgIpc) is 2.80. The predicted molar refractivity (Wildman–Crippen MR) is 56.1 cm³/mol. The van der Waals surface area contributed by atoms with Crippen LogP contribution in [-0.4, -0.2) is 18.7 Å². The second kappa shape index (κ2) is 4.09. The average molecular weight is 208 g/mol. The smallest absolute Gasteiger partial charge is 0.337 e. The highest BCUT2D eigenvalue weighted by molar-refractivity contribution is 5.90. The van der Waals surface area contributed by atoms with E-state index in [1.165, 1.54) is 6.42 Å². The first-order valence-electron chi connectivity index (χ1n) is 5.38. The fourth-order valence-electron chi connectivity index (χ4n) is 2.14. The van der Waals surface area contributed by atoms with E-state index in [0.29, 0.717) is 23.9 Å². The second-order valence-corrected chi connectivity index (χ2v) is 4.11. The van der Waals surface area contributed by atoms with Crippen LogP contribution >= 0.6 is 0 Å². The quantitative estimate of drug-likeness (QED) is 0.527. The van der Waals surface area contributed by atoms with E-state index in [4.69, 9.17) is 9.47 Å². The Kier molecular flexibility index (Phi) is 2.80. The van der Waals surface area contributed by atoms with Crippen LogP contribution in [0.4, 0.5) is 0 Å². The molecule has 15 heavy (non-hydrogen) atoms. The van der Waals surface area contributed by atoms with E-state index in [9.17, 15) is 4.79 Å². The van der Waals surface area contributed by atoms with Crippen molar-refractivity contribution in [2.45, 2.75) is 32.3 Å². The molecule has 0 amide bonds. The summed E-state index contributed by atoms with van der Waals surface area (Å²) in [7, 11) is 0. The SMILES string of the molecule is C=C[C@@H]1CCC[C@@H]1OC1=C(C)C(=O)OC1. The van der Waals surface area contributed by atoms with Gasteiger partial charge in [0.25, 0.3) is 0 Å². The maximum atomic E-state index is 11.1. The van der Waals surface area contributed by atoms with E-state index in [-0.39, 0.29) is 12.1 Å². The summed E-state index contributed by atoms with van der Waals surface area (Å²) in [6.07, 6.45) is 5.48. The predicted octanol–water partition coefficient (Wildman–Crippen LogP) is 2.19. The van der Waals surface area contributed by atoms with Crippen LogP contribution in [0.5, 0.6) is 0 Å². The molecule has 1 heterocycles. The molecule has 1 saturated carbocycles. The molecule has 2 aliphatic rings. The normalized spacial score (nSPS) is 30.6. The van der Waals surface area contributed by atoms with Crippen molar-refractivity contribution in [3.8, 4) is 0 Å². The van der Waals surface area contributed by atoms with Gasteiger partial charge in [-0.25, -0.2) is 4.79 Å².